The first-order valence-corrected chi connectivity index (χ1v) is 11.1. The lowest BCUT2D eigenvalue weighted by Crippen LogP contribution is -2.47. The van der Waals surface area contributed by atoms with Gasteiger partial charge in [-0.25, -0.2) is 4.39 Å². The number of nitrogens with one attached hydrogen (secondary N) is 1. The minimum absolute atomic E-state index is 0.180. The van der Waals surface area contributed by atoms with Gasteiger partial charge in [-0.2, -0.15) is 0 Å². The molecule has 2 atom stereocenters. The van der Waals surface area contributed by atoms with Crippen LogP contribution < -0.4 is 5.32 Å². The van der Waals surface area contributed by atoms with Crippen LogP contribution in [0.5, 0.6) is 0 Å². The number of halogens is 2. The lowest BCUT2D eigenvalue weighted by atomic mass is 9.84. The van der Waals surface area contributed by atoms with E-state index in [0.29, 0.717) is 24.3 Å². The maximum atomic E-state index is 13.5. The molecule has 1 N–H and O–H groups in total. The van der Waals surface area contributed by atoms with Crippen LogP contribution in [0.25, 0.3) is 0 Å². The molecular formula is C22H36ClFN2. The van der Waals surface area contributed by atoms with Crippen molar-refractivity contribution in [2.75, 3.05) is 26.2 Å². The second-order valence-electron chi connectivity index (χ2n) is 8.95. The van der Waals surface area contributed by atoms with Crippen LogP contribution in [0.3, 0.4) is 0 Å². The summed E-state index contributed by atoms with van der Waals surface area (Å²) < 4.78 is 13.5. The Labute approximate surface area is 164 Å². The van der Waals surface area contributed by atoms with Crippen molar-refractivity contribution in [2.45, 2.75) is 70.2 Å². The van der Waals surface area contributed by atoms with Crippen molar-refractivity contribution >= 4 is 11.6 Å². The second-order valence-corrected chi connectivity index (χ2v) is 9.48. The van der Waals surface area contributed by atoms with Crippen LogP contribution in [-0.4, -0.2) is 42.5 Å². The molecule has 1 saturated carbocycles. The molecule has 2 fully saturated rings. The van der Waals surface area contributed by atoms with Gasteiger partial charge in [0.1, 0.15) is 5.83 Å². The van der Waals surface area contributed by atoms with Crippen LogP contribution in [0.15, 0.2) is 23.6 Å². The zero-order chi connectivity index (χ0) is 18.5. The fourth-order valence-electron chi connectivity index (χ4n) is 4.77. The van der Waals surface area contributed by atoms with E-state index in [4.69, 9.17) is 11.6 Å². The summed E-state index contributed by atoms with van der Waals surface area (Å²) >= 11 is 6.10. The first-order valence-electron chi connectivity index (χ1n) is 10.7. The monoisotopic (exact) mass is 382 g/mol. The van der Waals surface area contributed by atoms with Crippen molar-refractivity contribution in [1.82, 2.24) is 10.2 Å². The molecule has 148 valence electrons. The lowest BCUT2D eigenvalue weighted by Gasteiger charge is -2.37. The quantitative estimate of drug-likeness (QED) is 0.601. The topological polar surface area (TPSA) is 15.3 Å². The molecule has 3 aliphatic rings. The third-order valence-corrected chi connectivity index (χ3v) is 7.05. The van der Waals surface area contributed by atoms with E-state index in [2.05, 4.69) is 24.1 Å². The predicted molar refractivity (Wildman–Crippen MR) is 109 cm³/mol. The van der Waals surface area contributed by atoms with Crippen LogP contribution in [0, 0.1) is 17.8 Å². The highest BCUT2D eigenvalue weighted by molar-refractivity contribution is 6.22. The Hall–Kier alpha value is -0.380. The normalized spacial score (nSPS) is 27.7. The third-order valence-electron chi connectivity index (χ3n) is 6.69. The number of likely N-dealkylation sites (tertiary alicyclic amines) is 1. The zero-order valence-electron chi connectivity index (χ0n) is 16.5. The molecule has 0 aromatic rings. The molecule has 1 saturated heterocycles. The van der Waals surface area contributed by atoms with E-state index < -0.39 is 5.38 Å². The largest absolute Gasteiger partial charge is 0.312 e. The molecule has 1 unspecified atom stereocenters. The third kappa shape index (κ3) is 5.56. The van der Waals surface area contributed by atoms with Crippen LogP contribution in [0.4, 0.5) is 4.39 Å². The molecule has 0 aromatic heterocycles. The number of hydrogen-bond acceptors (Lipinski definition) is 2. The van der Waals surface area contributed by atoms with Crippen molar-refractivity contribution in [3.8, 4) is 0 Å². The molecule has 4 heteroatoms. The highest BCUT2D eigenvalue weighted by atomic mass is 35.5. The van der Waals surface area contributed by atoms with Crippen molar-refractivity contribution in [2.24, 2.45) is 17.8 Å². The summed E-state index contributed by atoms with van der Waals surface area (Å²) in [5.41, 5.74) is 1.35. The Morgan fingerprint density at radius 1 is 1.15 bits per heavy atom. The number of hydrogen-bond donors (Lipinski definition) is 1. The average Bonchev–Trinajstić information content (AvgIpc) is 3.15. The summed E-state index contributed by atoms with van der Waals surface area (Å²) in [6, 6.07) is 0.588. The van der Waals surface area contributed by atoms with Crippen molar-refractivity contribution in [3.63, 3.8) is 0 Å². The van der Waals surface area contributed by atoms with Gasteiger partial charge in [-0.1, -0.05) is 38.3 Å². The van der Waals surface area contributed by atoms with Crippen molar-refractivity contribution in [3.05, 3.63) is 23.6 Å². The molecule has 0 radical (unpaired) electrons. The van der Waals surface area contributed by atoms with E-state index in [0.717, 1.165) is 25.6 Å². The lowest BCUT2D eigenvalue weighted by molar-refractivity contribution is 0.163. The zero-order valence-corrected chi connectivity index (χ0v) is 17.3. The molecule has 0 spiro atoms. The van der Waals surface area contributed by atoms with Gasteiger partial charge in [0.2, 0.25) is 0 Å². The van der Waals surface area contributed by atoms with Crippen molar-refractivity contribution < 1.29 is 4.39 Å². The van der Waals surface area contributed by atoms with Gasteiger partial charge in [-0.3, -0.25) is 0 Å². The molecule has 3 rings (SSSR count). The number of nitrogens with zero attached hydrogens (tertiary/aromatic N) is 1. The van der Waals surface area contributed by atoms with Crippen LogP contribution >= 0.6 is 11.6 Å². The summed E-state index contributed by atoms with van der Waals surface area (Å²) in [6.45, 7) is 9.33. The second kappa shape index (κ2) is 9.71. The first kappa shape index (κ1) is 20.4. The fraction of sp³-hybridized carbons (Fsp3) is 0.818. The minimum atomic E-state index is -0.446. The van der Waals surface area contributed by atoms with E-state index in [1.807, 2.05) is 6.08 Å². The van der Waals surface area contributed by atoms with Gasteiger partial charge in [0, 0.05) is 12.6 Å². The fourth-order valence-corrected chi connectivity index (χ4v) is 5.03. The van der Waals surface area contributed by atoms with Crippen LogP contribution in [0.1, 0.15) is 58.8 Å². The first-order chi connectivity index (χ1) is 12.5. The Bertz CT molecular complexity index is 502. The van der Waals surface area contributed by atoms with Gasteiger partial charge in [0.15, 0.2) is 0 Å². The van der Waals surface area contributed by atoms with E-state index >= 15 is 0 Å². The van der Waals surface area contributed by atoms with Gasteiger partial charge in [0.05, 0.1) is 5.38 Å². The molecule has 26 heavy (non-hydrogen) atoms. The summed E-state index contributed by atoms with van der Waals surface area (Å²) in [5, 5.41) is 3.43. The summed E-state index contributed by atoms with van der Waals surface area (Å²) in [7, 11) is 0. The molecule has 0 amide bonds. The molecule has 2 nitrogen and oxygen atoms in total. The summed E-state index contributed by atoms with van der Waals surface area (Å²) in [6.07, 6.45) is 12.3. The molecule has 0 bridgehead atoms. The van der Waals surface area contributed by atoms with E-state index in [1.54, 1.807) is 6.08 Å². The molecule has 2 aliphatic carbocycles. The standard InChI is InChI=1S/C22H36ClFN2/c1-16(2)22(25-14-17-5-3-4-6-17)15-26-11-9-18(10-12-26)19-7-8-21(24)20(23)13-19/h7-8,16-18,20,22,25H,3-6,9-15H2,1-2H3/t20?,22-/m0/s1. The van der Waals surface area contributed by atoms with Gasteiger partial charge in [-0.05, 0) is 75.6 Å². The van der Waals surface area contributed by atoms with Crippen molar-refractivity contribution in [1.29, 1.82) is 0 Å². The maximum Gasteiger partial charge on any atom is 0.118 e. The van der Waals surface area contributed by atoms with Gasteiger partial charge < -0.3 is 10.2 Å². The molecule has 1 heterocycles. The summed E-state index contributed by atoms with van der Waals surface area (Å²) in [4.78, 5) is 2.63. The number of alkyl halides is 1. The summed E-state index contributed by atoms with van der Waals surface area (Å²) in [5.74, 6) is 1.97. The number of allylic oxidation sites excluding steroid dienone is 4. The van der Waals surface area contributed by atoms with E-state index in [-0.39, 0.29) is 5.83 Å². The smallest absolute Gasteiger partial charge is 0.118 e. The predicted octanol–water partition coefficient (Wildman–Crippen LogP) is 5.29. The Kier molecular flexibility index (Phi) is 7.60. The highest BCUT2D eigenvalue weighted by Gasteiger charge is 2.28. The van der Waals surface area contributed by atoms with E-state index in [1.165, 1.54) is 50.6 Å². The van der Waals surface area contributed by atoms with E-state index in [9.17, 15) is 4.39 Å². The maximum absolute atomic E-state index is 13.5. The Morgan fingerprint density at radius 2 is 1.85 bits per heavy atom. The van der Waals surface area contributed by atoms with Crippen LogP contribution in [0.2, 0.25) is 0 Å². The minimum Gasteiger partial charge on any atom is -0.312 e. The highest BCUT2D eigenvalue weighted by Crippen LogP contribution is 2.34. The number of piperidine rings is 1. The van der Waals surface area contributed by atoms with Gasteiger partial charge in [-0.15, -0.1) is 11.6 Å². The number of rotatable bonds is 7. The van der Waals surface area contributed by atoms with Gasteiger partial charge >= 0.3 is 0 Å². The average molecular weight is 383 g/mol. The van der Waals surface area contributed by atoms with Gasteiger partial charge in [0.25, 0.3) is 0 Å². The van der Waals surface area contributed by atoms with Crippen LogP contribution in [-0.2, 0) is 0 Å². The molecule has 1 aliphatic heterocycles. The Balaban J connectivity index is 1.44. The molecule has 0 aromatic carbocycles. The Morgan fingerprint density at radius 3 is 2.46 bits per heavy atom. The molecular weight excluding hydrogens is 347 g/mol. The SMILES string of the molecule is CC(C)[C@H](CN1CCC(C2=CC=C(F)C(Cl)C2)CC1)NCC1CCCC1.